The summed E-state index contributed by atoms with van der Waals surface area (Å²) in [4.78, 5) is 0. The Morgan fingerprint density at radius 3 is 2.54 bits per heavy atom. The monoisotopic (exact) mass is 294 g/mol. The summed E-state index contributed by atoms with van der Waals surface area (Å²) < 4.78 is 0. The Balaban J connectivity index is 0.000000251. The molecule has 0 amide bonds. The van der Waals surface area contributed by atoms with E-state index < -0.39 is 20.8 Å². The first-order valence-corrected chi connectivity index (χ1v) is 11.0. The van der Waals surface area contributed by atoms with Crippen LogP contribution >= 0.6 is 17.0 Å². The predicted molar refractivity (Wildman–Crippen MR) is 55.5 cm³/mol. The van der Waals surface area contributed by atoms with Gasteiger partial charge in [0.1, 0.15) is 0 Å². The molecule has 13 heavy (non-hydrogen) atoms. The van der Waals surface area contributed by atoms with Crippen LogP contribution in [0, 0.1) is 5.92 Å². The fourth-order valence-corrected chi connectivity index (χ4v) is 2.04. The summed E-state index contributed by atoms with van der Waals surface area (Å²) in [5, 5.41) is 0. The molecule has 0 radical (unpaired) electrons. The zero-order valence-electron chi connectivity index (χ0n) is 7.82. The van der Waals surface area contributed by atoms with Crippen molar-refractivity contribution < 1.29 is 20.8 Å². The van der Waals surface area contributed by atoms with Crippen molar-refractivity contribution in [2.45, 2.75) is 32.6 Å². The van der Waals surface area contributed by atoms with Crippen LogP contribution < -0.4 is 0 Å². The number of hydrogen-bond acceptors (Lipinski definition) is 0. The number of hydrogen-bond donors (Lipinski definition) is 0. The van der Waals surface area contributed by atoms with Crippen LogP contribution in [0.4, 0.5) is 0 Å². The molecule has 0 fully saturated rings. The molecule has 72 valence electrons. The third kappa shape index (κ3) is 3.53. The predicted octanol–water partition coefficient (Wildman–Crippen LogP) is 4.44. The summed E-state index contributed by atoms with van der Waals surface area (Å²) in [6, 6.07) is 0. The van der Waals surface area contributed by atoms with Crippen LogP contribution in [0.1, 0.15) is 32.6 Å². The average molecular weight is 296 g/mol. The van der Waals surface area contributed by atoms with Gasteiger partial charge in [-0.25, -0.2) is 0 Å². The quantitative estimate of drug-likeness (QED) is 0.620. The molecular formula is C10H14Cl2Zr. The van der Waals surface area contributed by atoms with E-state index in [0.717, 1.165) is 5.92 Å². The molecule has 0 spiro atoms. The van der Waals surface area contributed by atoms with E-state index in [9.17, 15) is 0 Å². The van der Waals surface area contributed by atoms with Gasteiger partial charge in [0.15, 0.2) is 0 Å². The van der Waals surface area contributed by atoms with Crippen molar-refractivity contribution in [2.24, 2.45) is 5.92 Å². The summed E-state index contributed by atoms with van der Waals surface area (Å²) in [6.45, 7) is 2.31. The minimum absolute atomic E-state index is 0.760. The third-order valence-electron chi connectivity index (χ3n) is 2.69. The van der Waals surface area contributed by atoms with Crippen molar-refractivity contribution in [3.05, 3.63) is 23.3 Å². The van der Waals surface area contributed by atoms with E-state index in [1.807, 2.05) is 0 Å². The van der Waals surface area contributed by atoms with Gasteiger partial charge in [0, 0.05) is 0 Å². The number of rotatable bonds is 0. The molecular weight excluding hydrogens is 282 g/mol. The van der Waals surface area contributed by atoms with Crippen molar-refractivity contribution in [2.75, 3.05) is 0 Å². The Hall–Kier alpha value is 0.943. The van der Waals surface area contributed by atoms with Gasteiger partial charge >= 0.3 is 37.9 Å². The second-order valence-corrected chi connectivity index (χ2v) is 7.21. The molecule has 0 aliphatic heterocycles. The fraction of sp³-hybridized carbons (Fsp3) is 0.600. The van der Waals surface area contributed by atoms with E-state index in [4.69, 9.17) is 17.0 Å². The van der Waals surface area contributed by atoms with E-state index in [-0.39, 0.29) is 0 Å². The molecule has 0 heterocycles. The standard InChI is InChI=1S/C10H14.2ClH.Zr/c1-8-6-7-9-4-2-3-5-10(8)9;;;/h6-8H,2-5H2,1H3;2*1H;/q;;;+2/p-2. The van der Waals surface area contributed by atoms with Gasteiger partial charge < -0.3 is 0 Å². The molecule has 0 N–H and O–H groups in total. The zero-order chi connectivity index (χ0) is 9.68. The maximum atomic E-state index is 4.93. The molecule has 0 aromatic rings. The van der Waals surface area contributed by atoms with Gasteiger partial charge in [-0.1, -0.05) is 24.6 Å². The summed E-state index contributed by atoms with van der Waals surface area (Å²) in [5.41, 5.74) is 3.38. The third-order valence-corrected chi connectivity index (χ3v) is 2.69. The maximum absolute atomic E-state index is 4.93. The topological polar surface area (TPSA) is 0 Å². The van der Waals surface area contributed by atoms with Gasteiger partial charge in [-0.2, -0.15) is 0 Å². The van der Waals surface area contributed by atoms with Crippen LogP contribution in [0.3, 0.4) is 0 Å². The SMILES string of the molecule is CC1C=CC2=C1CCCC2.[Cl][Zr][Cl]. The molecule has 0 nitrogen and oxygen atoms in total. The van der Waals surface area contributed by atoms with E-state index in [1.54, 1.807) is 11.1 Å². The number of allylic oxidation sites excluding steroid dienone is 4. The Morgan fingerprint density at radius 2 is 1.92 bits per heavy atom. The van der Waals surface area contributed by atoms with Crippen molar-refractivity contribution in [1.82, 2.24) is 0 Å². The molecule has 3 heteroatoms. The molecule has 2 aliphatic carbocycles. The Labute approximate surface area is 99.0 Å². The first kappa shape index (κ1) is 12.0. The van der Waals surface area contributed by atoms with Crippen molar-refractivity contribution in [1.29, 1.82) is 0 Å². The fourth-order valence-electron chi connectivity index (χ4n) is 2.04. The van der Waals surface area contributed by atoms with E-state index >= 15 is 0 Å². The molecule has 2 aliphatic rings. The van der Waals surface area contributed by atoms with Crippen LogP contribution in [0.15, 0.2) is 23.3 Å². The van der Waals surface area contributed by atoms with Gasteiger partial charge in [0.2, 0.25) is 0 Å². The van der Waals surface area contributed by atoms with Gasteiger partial charge in [0.05, 0.1) is 0 Å². The van der Waals surface area contributed by atoms with Gasteiger partial charge in [-0.15, -0.1) is 0 Å². The summed E-state index contributed by atoms with van der Waals surface area (Å²) in [6.07, 6.45) is 10.2. The zero-order valence-corrected chi connectivity index (χ0v) is 11.8. The molecule has 0 aromatic carbocycles. The van der Waals surface area contributed by atoms with Crippen molar-refractivity contribution in [3.63, 3.8) is 0 Å². The van der Waals surface area contributed by atoms with Gasteiger partial charge in [0.25, 0.3) is 0 Å². The van der Waals surface area contributed by atoms with E-state index in [2.05, 4.69) is 19.1 Å². The summed E-state index contributed by atoms with van der Waals surface area (Å²) in [5.74, 6) is 0.760. The molecule has 2 rings (SSSR count). The molecule has 0 saturated carbocycles. The van der Waals surface area contributed by atoms with Crippen LogP contribution in [0.5, 0.6) is 0 Å². The first-order valence-electron chi connectivity index (χ1n) is 4.66. The van der Waals surface area contributed by atoms with E-state index in [0.29, 0.717) is 0 Å². The Morgan fingerprint density at radius 1 is 1.31 bits per heavy atom. The molecule has 1 unspecified atom stereocenters. The number of halogens is 2. The van der Waals surface area contributed by atoms with Crippen LogP contribution in [0.25, 0.3) is 0 Å². The van der Waals surface area contributed by atoms with E-state index in [1.165, 1.54) is 25.7 Å². The van der Waals surface area contributed by atoms with Crippen molar-refractivity contribution >= 4 is 17.0 Å². The summed E-state index contributed by atoms with van der Waals surface area (Å²) >= 11 is -0.826. The van der Waals surface area contributed by atoms with Gasteiger partial charge in [-0.3, -0.25) is 0 Å². The summed E-state index contributed by atoms with van der Waals surface area (Å²) in [7, 11) is 9.87. The van der Waals surface area contributed by atoms with Crippen LogP contribution in [-0.2, 0) is 20.8 Å². The Kier molecular flexibility index (Phi) is 5.94. The molecule has 1 atom stereocenters. The molecule has 0 aromatic heterocycles. The van der Waals surface area contributed by atoms with Crippen molar-refractivity contribution in [3.8, 4) is 0 Å². The van der Waals surface area contributed by atoms with Crippen LogP contribution in [0.2, 0.25) is 0 Å². The molecule has 0 bridgehead atoms. The minimum atomic E-state index is -0.826. The second-order valence-electron chi connectivity index (χ2n) is 3.48. The molecule has 0 saturated heterocycles. The van der Waals surface area contributed by atoms with Crippen LogP contribution in [-0.4, -0.2) is 0 Å². The first-order chi connectivity index (χ1) is 6.29. The Bertz CT molecular complexity index is 221. The van der Waals surface area contributed by atoms with Gasteiger partial charge in [-0.05, 0) is 37.2 Å². The second kappa shape index (κ2) is 6.43. The normalized spacial score (nSPS) is 25.0. The average Bonchev–Trinajstić information content (AvgIpc) is 2.50.